The first kappa shape index (κ1) is 14.3. The Kier molecular flexibility index (Phi) is 4.77. The number of rotatable bonds is 4. The third-order valence-corrected chi connectivity index (χ3v) is 4.22. The topological polar surface area (TPSA) is 31.4 Å². The molecular weight excluding hydrogens is 236 g/mol. The van der Waals surface area contributed by atoms with Gasteiger partial charge in [0.15, 0.2) is 0 Å². The Morgan fingerprint density at radius 1 is 1.37 bits per heavy atom. The van der Waals surface area contributed by atoms with Gasteiger partial charge in [-0.1, -0.05) is 0 Å². The molecule has 1 aromatic rings. The number of hydrogen-bond acceptors (Lipinski definition) is 4. The zero-order valence-corrected chi connectivity index (χ0v) is 12.6. The zero-order chi connectivity index (χ0) is 13.8. The van der Waals surface area contributed by atoms with Gasteiger partial charge in [-0.15, -0.1) is 0 Å². The van der Waals surface area contributed by atoms with E-state index in [-0.39, 0.29) is 0 Å². The molecule has 2 heterocycles. The summed E-state index contributed by atoms with van der Waals surface area (Å²) in [5, 5.41) is 3.28. The highest BCUT2D eigenvalue weighted by Gasteiger charge is 2.21. The Morgan fingerprint density at radius 2 is 2.05 bits per heavy atom. The van der Waals surface area contributed by atoms with Gasteiger partial charge in [0, 0.05) is 31.4 Å². The first-order valence-electron chi connectivity index (χ1n) is 7.16. The number of anilines is 1. The van der Waals surface area contributed by atoms with Gasteiger partial charge in [0.2, 0.25) is 0 Å². The standard InChI is InChI=1S/C15H26N4/c1-12(16-2)13-5-8-17-15(11-13)19-9-6-14(7-10-19)18(3)4/h5,8,11-12,14,16H,6-7,9-10H2,1-4H3. The van der Waals surface area contributed by atoms with Gasteiger partial charge < -0.3 is 15.1 Å². The van der Waals surface area contributed by atoms with Crippen LogP contribution in [-0.4, -0.2) is 50.2 Å². The van der Waals surface area contributed by atoms with Crippen molar-refractivity contribution in [1.82, 2.24) is 15.2 Å². The molecule has 1 saturated heterocycles. The van der Waals surface area contributed by atoms with Crippen molar-refractivity contribution in [2.75, 3.05) is 39.1 Å². The quantitative estimate of drug-likeness (QED) is 0.898. The number of pyridine rings is 1. The second-order valence-electron chi connectivity index (χ2n) is 5.64. The van der Waals surface area contributed by atoms with Crippen molar-refractivity contribution in [2.45, 2.75) is 31.8 Å². The molecular formula is C15H26N4. The summed E-state index contributed by atoms with van der Waals surface area (Å²) in [4.78, 5) is 9.28. The predicted molar refractivity (Wildman–Crippen MR) is 80.6 cm³/mol. The summed E-state index contributed by atoms with van der Waals surface area (Å²) < 4.78 is 0. The monoisotopic (exact) mass is 262 g/mol. The van der Waals surface area contributed by atoms with E-state index in [0.29, 0.717) is 6.04 Å². The molecule has 0 aromatic carbocycles. The molecule has 0 amide bonds. The predicted octanol–water partition coefficient (Wildman–Crippen LogP) is 1.89. The van der Waals surface area contributed by atoms with Crippen molar-refractivity contribution < 1.29 is 0 Å². The van der Waals surface area contributed by atoms with Crippen molar-refractivity contribution in [1.29, 1.82) is 0 Å². The van der Waals surface area contributed by atoms with E-state index in [1.807, 2.05) is 13.2 Å². The van der Waals surface area contributed by atoms with E-state index in [9.17, 15) is 0 Å². The molecule has 1 aliphatic heterocycles. The Hall–Kier alpha value is -1.13. The van der Waals surface area contributed by atoms with E-state index in [1.54, 1.807) is 0 Å². The van der Waals surface area contributed by atoms with Crippen LogP contribution >= 0.6 is 0 Å². The zero-order valence-electron chi connectivity index (χ0n) is 12.6. The third-order valence-electron chi connectivity index (χ3n) is 4.22. The lowest BCUT2D eigenvalue weighted by Gasteiger charge is -2.36. The van der Waals surface area contributed by atoms with Gasteiger partial charge in [0.1, 0.15) is 5.82 Å². The van der Waals surface area contributed by atoms with Crippen LogP contribution in [0.1, 0.15) is 31.4 Å². The summed E-state index contributed by atoms with van der Waals surface area (Å²) in [7, 11) is 6.34. The van der Waals surface area contributed by atoms with Crippen LogP contribution in [0.5, 0.6) is 0 Å². The number of nitrogens with one attached hydrogen (secondary N) is 1. The molecule has 106 valence electrons. The van der Waals surface area contributed by atoms with E-state index in [2.05, 4.69) is 53.3 Å². The van der Waals surface area contributed by atoms with Crippen LogP contribution in [0.2, 0.25) is 0 Å². The molecule has 19 heavy (non-hydrogen) atoms. The minimum Gasteiger partial charge on any atom is -0.356 e. The maximum absolute atomic E-state index is 4.53. The number of aromatic nitrogens is 1. The number of nitrogens with zero attached hydrogens (tertiary/aromatic N) is 3. The maximum atomic E-state index is 4.53. The van der Waals surface area contributed by atoms with Gasteiger partial charge in [-0.25, -0.2) is 4.98 Å². The summed E-state index contributed by atoms with van der Waals surface area (Å²) in [5.74, 6) is 1.12. The minimum atomic E-state index is 0.376. The Bertz CT molecular complexity index is 397. The van der Waals surface area contributed by atoms with Crippen molar-refractivity contribution in [2.24, 2.45) is 0 Å². The SMILES string of the molecule is CNC(C)c1ccnc(N2CCC(N(C)C)CC2)c1. The van der Waals surface area contributed by atoms with Crippen LogP contribution in [0.15, 0.2) is 18.3 Å². The van der Waals surface area contributed by atoms with Crippen LogP contribution < -0.4 is 10.2 Å². The number of piperidine rings is 1. The molecule has 4 heteroatoms. The Morgan fingerprint density at radius 3 is 2.63 bits per heavy atom. The van der Waals surface area contributed by atoms with Gasteiger partial charge in [0.05, 0.1) is 0 Å². The van der Waals surface area contributed by atoms with Crippen LogP contribution in [0.25, 0.3) is 0 Å². The van der Waals surface area contributed by atoms with Gasteiger partial charge in [-0.05, 0) is 58.6 Å². The van der Waals surface area contributed by atoms with Crippen LogP contribution in [0.4, 0.5) is 5.82 Å². The molecule has 1 unspecified atom stereocenters. The Labute approximate surface area is 116 Å². The van der Waals surface area contributed by atoms with Crippen LogP contribution in [0, 0.1) is 0 Å². The fraction of sp³-hybridized carbons (Fsp3) is 0.667. The second kappa shape index (κ2) is 6.35. The highest BCUT2D eigenvalue weighted by atomic mass is 15.2. The van der Waals surface area contributed by atoms with Crippen molar-refractivity contribution in [3.8, 4) is 0 Å². The van der Waals surface area contributed by atoms with Crippen molar-refractivity contribution >= 4 is 5.82 Å². The van der Waals surface area contributed by atoms with Gasteiger partial charge in [0.25, 0.3) is 0 Å². The molecule has 0 aliphatic carbocycles. The van der Waals surface area contributed by atoms with E-state index < -0.39 is 0 Å². The fourth-order valence-corrected chi connectivity index (χ4v) is 2.65. The molecule has 1 aliphatic rings. The fourth-order valence-electron chi connectivity index (χ4n) is 2.65. The molecule has 0 bridgehead atoms. The van der Waals surface area contributed by atoms with E-state index in [4.69, 9.17) is 0 Å². The molecule has 0 spiro atoms. The largest absolute Gasteiger partial charge is 0.356 e. The normalized spacial score (nSPS) is 18.9. The molecule has 0 saturated carbocycles. The summed E-state index contributed by atoms with van der Waals surface area (Å²) in [6, 6.07) is 5.41. The minimum absolute atomic E-state index is 0.376. The van der Waals surface area contributed by atoms with E-state index in [1.165, 1.54) is 18.4 Å². The smallest absolute Gasteiger partial charge is 0.128 e. The summed E-state index contributed by atoms with van der Waals surface area (Å²) in [6.07, 6.45) is 4.37. The summed E-state index contributed by atoms with van der Waals surface area (Å²) in [6.45, 7) is 4.39. The summed E-state index contributed by atoms with van der Waals surface area (Å²) in [5.41, 5.74) is 1.31. The first-order chi connectivity index (χ1) is 9.11. The molecule has 1 aromatic heterocycles. The first-order valence-corrected chi connectivity index (χ1v) is 7.16. The molecule has 4 nitrogen and oxygen atoms in total. The van der Waals surface area contributed by atoms with E-state index >= 15 is 0 Å². The van der Waals surface area contributed by atoms with Crippen molar-refractivity contribution in [3.05, 3.63) is 23.9 Å². The van der Waals surface area contributed by atoms with Gasteiger partial charge >= 0.3 is 0 Å². The molecule has 1 atom stereocenters. The van der Waals surface area contributed by atoms with Gasteiger partial charge in [-0.3, -0.25) is 0 Å². The van der Waals surface area contributed by atoms with Gasteiger partial charge in [-0.2, -0.15) is 0 Å². The average molecular weight is 262 g/mol. The van der Waals surface area contributed by atoms with Crippen LogP contribution in [-0.2, 0) is 0 Å². The molecule has 1 fully saturated rings. The van der Waals surface area contributed by atoms with Crippen molar-refractivity contribution in [3.63, 3.8) is 0 Å². The lowest BCUT2D eigenvalue weighted by atomic mass is 10.0. The highest BCUT2D eigenvalue weighted by molar-refractivity contribution is 5.42. The highest BCUT2D eigenvalue weighted by Crippen LogP contribution is 2.22. The third kappa shape index (κ3) is 3.45. The molecule has 0 radical (unpaired) electrons. The Balaban J connectivity index is 2.03. The molecule has 2 rings (SSSR count). The average Bonchev–Trinajstić information content (AvgIpc) is 2.46. The number of hydrogen-bond donors (Lipinski definition) is 1. The lowest BCUT2D eigenvalue weighted by molar-refractivity contribution is 0.249. The lowest BCUT2D eigenvalue weighted by Crippen LogP contribution is -2.42. The van der Waals surface area contributed by atoms with E-state index in [0.717, 1.165) is 24.9 Å². The molecule has 1 N–H and O–H groups in total. The maximum Gasteiger partial charge on any atom is 0.128 e. The summed E-state index contributed by atoms with van der Waals surface area (Å²) >= 11 is 0. The van der Waals surface area contributed by atoms with Crippen LogP contribution in [0.3, 0.4) is 0 Å². The second-order valence-corrected chi connectivity index (χ2v) is 5.64.